The van der Waals surface area contributed by atoms with E-state index in [9.17, 15) is 29.7 Å². The molecule has 0 radical (unpaired) electrons. The molecular weight excluding hydrogens is 380 g/mol. The van der Waals surface area contributed by atoms with Crippen LogP contribution in [0.15, 0.2) is 0 Å². The molecule has 1 aliphatic heterocycles. The van der Waals surface area contributed by atoms with E-state index < -0.39 is 23.9 Å². The van der Waals surface area contributed by atoms with Crippen LogP contribution in [-0.4, -0.2) is 131 Å². The third-order valence-electron chi connectivity index (χ3n) is 5.12. The number of carboxylic acid groups (broad SMARTS) is 3. The Labute approximate surface area is 172 Å². The minimum atomic E-state index is -0.956. The van der Waals surface area contributed by atoms with E-state index in [1.165, 1.54) is 0 Å². The highest BCUT2D eigenvalue weighted by molar-refractivity contribution is 5.72. The van der Waals surface area contributed by atoms with E-state index in [0.717, 1.165) is 6.54 Å². The molecule has 0 spiro atoms. The third kappa shape index (κ3) is 10.6. The van der Waals surface area contributed by atoms with Gasteiger partial charge in [-0.25, -0.2) is 0 Å². The Kier molecular flexibility index (Phi) is 11.1. The number of hydrogen-bond donors (Lipinski definition) is 3. The molecular formula is C19H36N4O6. The number of hydrogen-bond acceptors (Lipinski definition) is 7. The van der Waals surface area contributed by atoms with Crippen molar-refractivity contribution in [1.29, 1.82) is 0 Å². The largest absolute Gasteiger partial charge is 0.480 e. The monoisotopic (exact) mass is 416 g/mol. The Hall–Kier alpha value is -1.75. The first kappa shape index (κ1) is 25.3. The van der Waals surface area contributed by atoms with Gasteiger partial charge in [0.2, 0.25) is 0 Å². The summed E-state index contributed by atoms with van der Waals surface area (Å²) < 4.78 is 0. The molecule has 0 bridgehead atoms. The molecule has 3 N–H and O–H groups in total. The van der Waals surface area contributed by atoms with Gasteiger partial charge < -0.3 is 20.2 Å². The summed E-state index contributed by atoms with van der Waals surface area (Å²) in [6, 6.07) is -0.658. The van der Waals surface area contributed by atoms with Gasteiger partial charge in [0, 0.05) is 58.9 Å². The van der Waals surface area contributed by atoms with Gasteiger partial charge >= 0.3 is 17.9 Å². The zero-order chi connectivity index (χ0) is 22.0. The lowest BCUT2D eigenvalue weighted by atomic mass is 10.2. The third-order valence-corrected chi connectivity index (χ3v) is 5.12. The standard InChI is InChI=1S/C19H36N4O6/c1-15(2)12-20-4-5-21(13-17(24)25)6-7-22(14-18(26)27)9-11-23(10-8-20)16(3)19(28)29/h15-16H,4-14H2,1-3H3,(H,24,25)(H,26,27)(H,28,29). The molecule has 10 heteroatoms. The molecule has 0 aliphatic carbocycles. The molecule has 168 valence electrons. The summed E-state index contributed by atoms with van der Waals surface area (Å²) in [5.74, 6) is -2.32. The zero-order valence-corrected chi connectivity index (χ0v) is 17.8. The van der Waals surface area contributed by atoms with Crippen LogP contribution in [0.25, 0.3) is 0 Å². The average molecular weight is 417 g/mol. The number of carbonyl (C=O) groups is 3. The Balaban J connectivity index is 2.97. The highest BCUT2D eigenvalue weighted by Gasteiger charge is 2.24. The van der Waals surface area contributed by atoms with E-state index in [4.69, 9.17) is 0 Å². The van der Waals surface area contributed by atoms with Crippen molar-refractivity contribution in [3.8, 4) is 0 Å². The van der Waals surface area contributed by atoms with Gasteiger partial charge in [0.15, 0.2) is 0 Å². The molecule has 1 rings (SSSR count). The van der Waals surface area contributed by atoms with Crippen molar-refractivity contribution in [2.75, 3.05) is 72.0 Å². The average Bonchev–Trinajstić information content (AvgIpc) is 2.59. The Morgan fingerprint density at radius 3 is 1.45 bits per heavy atom. The van der Waals surface area contributed by atoms with E-state index in [-0.39, 0.29) is 13.1 Å². The molecule has 0 saturated carbocycles. The van der Waals surface area contributed by atoms with Gasteiger partial charge in [-0.15, -0.1) is 0 Å². The fourth-order valence-corrected chi connectivity index (χ4v) is 3.49. The molecule has 0 aromatic heterocycles. The minimum absolute atomic E-state index is 0.0847. The molecule has 1 atom stereocenters. The fraction of sp³-hybridized carbons (Fsp3) is 0.842. The van der Waals surface area contributed by atoms with Crippen LogP contribution in [0.2, 0.25) is 0 Å². The second kappa shape index (κ2) is 12.7. The highest BCUT2D eigenvalue weighted by atomic mass is 16.4. The summed E-state index contributed by atoms with van der Waals surface area (Å²) in [4.78, 5) is 41.6. The van der Waals surface area contributed by atoms with Crippen LogP contribution in [0, 0.1) is 5.92 Å². The van der Waals surface area contributed by atoms with Gasteiger partial charge in [0.25, 0.3) is 0 Å². The number of rotatable bonds is 8. The van der Waals surface area contributed by atoms with Crippen LogP contribution in [0.3, 0.4) is 0 Å². The Morgan fingerprint density at radius 2 is 1.07 bits per heavy atom. The van der Waals surface area contributed by atoms with Crippen LogP contribution in [0.4, 0.5) is 0 Å². The van der Waals surface area contributed by atoms with Gasteiger partial charge in [-0.1, -0.05) is 13.8 Å². The molecule has 0 aromatic rings. The Bertz CT molecular complexity index is 545. The first-order valence-corrected chi connectivity index (χ1v) is 10.2. The van der Waals surface area contributed by atoms with E-state index >= 15 is 0 Å². The minimum Gasteiger partial charge on any atom is -0.480 e. The summed E-state index contributed by atoms with van der Waals surface area (Å²) in [7, 11) is 0. The lowest BCUT2D eigenvalue weighted by Gasteiger charge is -2.35. The molecule has 0 aromatic carbocycles. The molecule has 1 saturated heterocycles. The maximum Gasteiger partial charge on any atom is 0.320 e. The number of nitrogens with zero attached hydrogens (tertiary/aromatic N) is 4. The zero-order valence-electron chi connectivity index (χ0n) is 17.8. The van der Waals surface area contributed by atoms with Gasteiger partial charge in [-0.2, -0.15) is 0 Å². The maximum atomic E-state index is 11.5. The lowest BCUT2D eigenvalue weighted by molar-refractivity contribution is -0.143. The predicted molar refractivity (Wildman–Crippen MR) is 108 cm³/mol. The van der Waals surface area contributed by atoms with E-state index in [1.54, 1.807) is 11.8 Å². The quantitative estimate of drug-likeness (QED) is 0.477. The summed E-state index contributed by atoms with van der Waals surface area (Å²) >= 11 is 0. The van der Waals surface area contributed by atoms with Crippen LogP contribution in [0.5, 0.6) is 0 Å². The fourth-order valence-electron chi connectivity index (χ4n) is 3.49. The van der Waals surface area contributed by atoms with Gasteiger partial charge in [0.05, 0.1) is 13.1 Å². The highest BCUT2D eigenvalue weighted by Crippen LogP contribution is 2.06. The summed E-state index contributed by atoms with van der Waals surface area (Å²) in [5.41, 5.74) is 0. The smallest absolute Gasteiger partial charge is 0.320 e. The molecule has 10 nitrogen and oxygen atoms in total. The summed E-state index contributed by atoms with van der Waals surface area (Å²) in [6.07, 6.45) is 0. The predicted octanol–water partition coefficient (Wildman–Crippen LogP) is -0.494. The topological polar surface area (TPSA) is 125 Å². The van der Waals surface area contributed by atoms with Crippen molar-refractivity contribution in [3.63, 3.8) is 0 Å². The summed E-state index contributed by atoms with van der Waals surface area (Å²) in [5, 5.41) is 27.8. The molecule has 1 fully saturated rings. The van der Waals surface area contributed by atoms with Crippen molar-refractivity contribution in [2.24, 2.45) is 5.92 Å². The van der Waals surface area contributed by atoms with Crippen molar-refractivity contribution in [3.05, 3.63) is 0 Å². The number of aliphatic carboxylic acids is 3. The second-order valence-electron chi connectivity index (χ2n) is 8.08. The van der Waals surface area contributed by atoms with Crippen molar-refractivity contribution < 1.29 is 29.7 Å². The van der Waals surface area contributed by atoms with Crippen LogP contribution in [0.1, 0.15) is 20.8 Å². The van der Waals surface area contributed by atoms with Crippen LogP contribution >= 0.6 is 0 Å². The molecule has 0 amide bonds. The maximum absolute atomic E-state index is 11.5. The van der Waals surface area contributed by atoms with E-state index in [2.05, 4.69) is 18.7 Å². The van der Waals surface area contributed by atoms with Crippen LogP contribution in [-0.2, 0) is 14.4 Å². The van der Waals surface area contributed by atoms with E-state index in [1.807, 2.05) is 9.80 Å². The van der Waals surface area contributed by atoms with Crippen molar-refractivity contribution in [2.45, 2.75) is 26.8 Å². The molecule has 1 unspecified atom stereocenters. The first-order chi connectivity index (χ1) is 13.6. The normalized spacial score (nSPS) is 20.7. The van der Waals surface area contributed by atoms with E-state index in [0.29, 0.717) is 58.3 Å². The SMILES string of the molecule is CC(C)CN1CCN(CC(=O)O)CCN(CC(=O)O)CCN(C(C)C(=O)O)CC1. The first-order valence-electron chi connectivity index (χ1n) is 10.2. The summed E-state index contributed by atoms with van der Waals surface area (Å²) in [6.45, 7) is 10.7. The lowest BCUT2D eigenvalue weighted by Crippen LogP contribution is -2.51. The van der Waals surface area contributed by atoms with Gasteiger partial charge in [-0.05, 0) is 12.8 Å². The van der Waals surface area contributed by atoms with Crippen LogP contribution < -0.4 is 0 Å². The van der Waals surface area contributed by atoms with Gasteiger partial charge in [0.1, 0.15) is 6.04 Å². The second-order valence-corrected chi connectivity index (χ2v) is 8.08. The Morgan fingerprint density at radius 1 is 0.690 bits per heavy atom. The van der Waals surface area contributed by atoms with Crippen molar-refractivity contribution in [1.82, 2.24) is 19.6 Å². The molecule has 1 heterocycles. The van der Waals surface area contributed by atoms with Crippen molar-refractivity contribution >= 4 is 17.9 Å². The molecule has 1 aliphatic rings. The molecule has 29 heavy (non-hydrogen) atoms. The van der Waals surface area contributed by atoms with Gasteiger partial charge in [-0.3, -0.25) is 29.1 Å². The number of carboxylic acids is 3.